The highest BCUT2D eigenvalue weighted by Gasteiger charge is 2.34. The van der Waals surface area contributed by atoms with E-state index in [9.17, 15) is 14.7 Å². The molecule has 2 atom stereocenters. The quantitative estimate of drug-likeness (QED) is 0.858. The number of nitrogens with zero attached hydrogens (tertiary/aromatic N) is 3. The van der Waals surface area contributed by atoms with Crippen LogP contribution in [0.15, 0.2) is 35.3 Å². The third-order valence-electron chi connectivity index (χ3n) is 4.02. The molecule has 1 aliphatic heterocycles. The molecule has 0 bridgehead atoms. The van der Waals surface area contributed by atoms with Crippen molar-refractivity contribution < 1.29 is 14.6 Å². The Morgan fingerprint density at radius 3 is 2.96 bits per heavy atom. The molecular formula is C16H19N3O4. The largest absolute Gasteiger partial charge is 0.388 e. The summed E-state index contributed by atoms with van der Waals surface area (Å²) in [7, 11) is 0. The summed E-state index contributed by atoms with van der Waals surface area (Å²) in [6.45, 7) is 2.72. The van der Waals surface area contributed by atoms with Crippen molar-refractivity contribution in [2.75, 3.05) is 19.7 Å². The third kappa shape index (κ3) is 3.11. The molecule has 1 fully saturated rings. The van der Waals surface area contributed by atoms with Gasteiger partial charge in [-0.25, -0.2) is 4.68 Å². The van der Waals surface area contributed by atoms with E-state index in [0.717, 1.165) is 10.1 Å². The van der Waals surface area contributed by atoms with Gasteiger partial charge in [-0.05, 0) is 13.0 Å². The van der Waals surface area contributed by atoms with Crippen LogP contribution in [0.5, 0.6) is 0 Å². The summed E-state index contributed by atoms with van der Waals surface area (Å²) < 4.78 is 6.56. The van der Waals surface area contributed by atoms with Crippen LogP contribution in [0.25, 0.3) is 10.8 Å². The molecule has 7 heteroatoms. The van der Waals surface area contributed by atoms with Gasteiger partial charge in [-0.15, -0.1) is 0 Å². The molecular weight excluding hydrogens is 298 g/mol. The summed E-state index contributed by atoms with van der Waals surface area (Å²) in [4.78, 5) is 26.2. The second-order valence-electron chi connectivity index (χ2n) is 5.55. The number of aliphatic hydroxyl groups is 1. The number of carbonyl (C=O) groups is 1. The monoisotopic (exact) mass is 317 g/mol. The Hall–Kier alpha value is -2.25. The maximum absolute atomic E-state index is 12.4. The smallest absolute Gasteiger partial charge is 0.275 e. The predicted molar refractivity (Wildman–Crippen MR) is 84.0 cm³/mol. The van der Waals surface area contributed by atoms with Gasteiger partial charge in [0, 0.05) is 25.1 Å². The summed E-state index contributed by atoms with van der Waals surface area (Å²) >= 11 is 0. The van der Waals surface area contributed by atoms with Crippen LogP contribution >= 0.6 is 0 Å². The van der Waals surface area contributed by atoms with Gasteiger partial charge in [0.05, 0.1) is 17.7 Å². The van der Waals surface area contributed by atoms with Crippen LogP contribution in [-0.4, -0.2) is 57.6 Å². The lowest BCUT2D eigenvalue weighted by Gasteiger charge is -2.16. The van der Waals surface area contributed by atoms with Crippen molar-refractivity contribution in [3.63, 3.8) is 0 Å². The fourth-order valence-electron chi connectivity index (χ4n) is 2.81. The van der Waals surface area contributed by atoms with Crippen LogP contribution in [0.3, 0.4) is 0 Å². The normalized spacial score (nSPS) is 21.0. The highest BCUT2D eigenvalue weighted by Crippen LogP contribution is 2.14. The minimum absolute atomic E-state index is 0.144. The zero-order valence-electron chi connectivity index (χ0n) is 12.9. The highest BCUT2D eigenvalue weighted by atomic mass is 16.5. The van der Waals surface area contributed by atoms with E-state index in [1.807, 2.05) is 13.0 Å². The van der Waals surface area contributed by atoms with E-state index in [-0.39, 0.29) is 30.7 Å². The number of fused-ring (bicyclic) bond motifs is 1. The van der Waals surface area contributed by atoms with E-state index in [2.05, 4.69) is 5.10 Å². The van der Waals surface area contributed by atoms with E-state index in [0.29, 0.717) is 18.5 Å². The SMILES string of the molecule is CCO[C@@H]1CN(C(=O)Cn2ncc3ccccc3c2=O)C[C@H]1O. The minimum Gasteiger partial charge on any atom is -0.388 e. The number of ether oxygens (including phenoxy) is 1. The lowest BCUT2D eigenvalue weighted by Crippen LogP contribution is -2.36. The number of aliphatic hydroxyl groups excluding tert-OH is 1. The third-order valence-corrected chi connectivity index (χ3v) is 4.02. The molecule has 3 rings (SSSR count). The fourth-order valence-corrected chi connectivity index (χ4v) is 2.81. The number of hydrogen-bond donors (Lipinski definition) is 1. The van der Waals surface area contributed by atoms with Crippen molar-refractivity contribution >= 4 is 16.7 Å². The molecule has 2 aromatic rings. The predicted octanol–water partition coefficient (Wildman–Crippen LogP) is 0.00470. The van der Waals surface area contributed by atoms with Crippen LogP contribution in [0.1, 0.15) is 6.92 Å². The summed E-state index contributed by atoms with van der Waals surface area (Å²) in [6.07, 6.45) is 0.511. The van der Waals surface area contributed by atoms with E-state index >= 15 is 0 Å². The van der Waals surface area contributed by atoms with Gasteiger partial charge in [-0.1, -0.05) is 18.2 Å². The zero-order valence-corrected chi connectivity index (χ0v) is 12.9. The van der Waals surface area contributed by atoms with Gasteiger partial charge in [0.1, 0.15) is 12.6 Å². The lowest BCUT2D eigenvalue weighted by molar-refractivity contribution is -0.131. The van der Waals surface area contributed by atoms with E-state index in [1.165, 1.54) is 4.90 Å². The number of hydrogen-bond acceptors (Lipinski definition) is 5. The fraction of sp³-hybridized carbons (Fsp3) is 0.438. The number of aromatic nitrogens is 2. The minimum atomic E-state index is -0.694. The van der Waals surface area contributed by atoms with Crippen LogP contribution in [0, 0.1) is 0 Å². The second kappa shape index (κ2) is 6.47. The molecule has 0 aliphatic carbocycles. The van der Waals surface area contributed by atoms with Crippen molar-refractivity contribution in [2.24, 2.45) is 0 Å². The molecule has 2 heterocycles. The summed E-state index contributed by atoms with van der Waals surface area (Å²) in [5, 5.41) is 15.2. The first-order chi connectivity index (χ1) is 11.1. The van der Waals surface area contributed by atoms with Gasteiger partial charge >= 0.3 is 0 Å². The van der Waals surface area contributed by atoms with Crippen molar-refractivity contribution in [2.45, 2.75) is 25.7 Å². The summed E-state index contributed by atoms with van der Waals surface area (Å²) in [5.74, 6) is -0.254. The van der Waals surface area contributed by atoms with Crippen molar-refractivity contribution in [3.8, 4) is 0 Å². The number of rotatable bonds is 4. The number of carbonyl (C=O) groups excluding carboxylic acids is 1. The Balaban J connectivity index is 1.76. The zero-order chi connectivity index (χ0) is 16.4. The number of amides is 1. The first kappa shape index (κ1) is 15.6. The molecule has 122 valence electrons. The number of likely N-dealkylation sites (tertiary alicyclic amines) is 1. The van der Waals surface area contributed by atoms with E-state index < -0.39 is 6.10 Å². The Kier molecular flexibility index (Phi) is 4.40. The Morgan fingerprint density at radius 1 is 1.39 bits per heavy atom. The molecule has 0 saturated carbocycles. The van der Waals surface area contributed by atoms with Gasteiger partial charge in [-0.2, -0.15) is 5.10 Å². The lowest BCUT2D eigenvalue weighted by atomic mass is 10.2. The average Bonchev–Trinajstić information content (AvgIpc) is 2.92. The first-order valence-corrected chi connectivity index (χ1v) is 7.62. The molecule has 7 nitrogen and oxygen atoms in total. The van der Waals surface area contributed by atoms with Crippen molar-refractivity contribution in [3.05, 3.63) is 40.8 Å². The molecule has 1 N–H and O–H groups in total. The van der Waals surface area contributed by atoms with Gasteiger partial charge in [0.25, 0.3) is 5.56 Å². The van der Waals surface area contributed by atoms with Gasteiger partial charge in [0.2, 0.25) is 5.91 Å². The second-order valence-corrected chi connectivity index (χ2v) is 5.55. The Bertz CT molecular complexity index is 773. The average molecular weight is 317 g/mol. The van der Waals surface area contributed by atoms with Crippen LogP contribution in [0.2, 0.25) is 0 Å². The van der Waals surface area contributed by atoms with E-state index in [1.54, 1.807) is 24.4 Å². The molecule has 23 heavy (non-hydrogen) atoms. The topological polar surface area (TPSA) is 84.7 Å². The Labute approximate surface area is 133 Å². The summed E-state index contributed by atoms with van der Waals surface area (Å²) in [5.41, 5.74) is -0.294. The van der Waals surface area contributed by atoms with Crippen molar-refractivity contribution in [1.29, 1.82) is 0 Å². The molecule has 0 unspecified atom stereocenters. The maximum atomic E-state index is 12.4. The van der Waals surface area contributed by atoms with Gasteiger partial charge in [-0.3, -0.25) is 9.59 Å². The van der Waals surface area contributed by atoms with Crippen LogP contribution in [-0.2, 0) is 16.1 Å². The number of benzene rings is 1. The molecule has 1 aliphatic rings. The first-order valence-electron chi connectivity index (χ1n) is 7.62. The summed E-state index contributed by atoms with van der Waals surface area (Å²) in [6, 6.07) is 7.13. The molecule has 0 radical (unpaired) electrons. The maximum Gasteiger partial charge on any atom is 0.275 e. The molecule has 0 spiro atoms. The standard InChI is InChI=1S/C16H19N3O4/c1-2-23-14-9-18(8-13(14)20)15(21)10-19-16(22)12-6-4-3-5-11(12)7-17-19/h3-7,13-14,20H,2,8-10H2,1H3/t13-,14-/m1/s1. The van der Waals surface area contributed by atoms with Crippen LogP contribution < -0.4 is 5.56 Å². The molecule has 1 amide bonds. The number of β-amino-alcohol motifs (C(OH)–C–C–N with tert-alkyl or cyclic N) is 1. The van der Waals surface area contributed by atoms with Crippen LogP contribution in [0.4, 0.5) is 0 Å². The van der Waals surface area contributed by atoms with Gasteiger partial charge < -0.3 is 14.7 Å². The Morgan fingerprint density at radius 2 is 2.17 bits per heavy atom. The van der Waals surface area contributed by atoms with E-state index in [4.69, 9.17) is 4.74 Å². The molecule has 1 aromatic carbocycles. The molecule has 1 saturated heterocycles. The van der Waals surface area contributed by atoms with Crippen molar-refractivity contribution in [1.82, 2.24) is 14.7 Å². The molecule has 1 aromatic heterocycles. The van der Waals surface area contributed by atoms with Gasteiger partial charge in [0.15, 0.2) is 0 Å². The highest BCUT2D eigenvalue weighted by molar-refractivity contribution is 5.81.